The zero-order valence-electron chi connectivity index (χ0n) is 18.2. The van der Waals surface area contributed by atoms with Crippen LogP contribution in [-0.2, 0) is 13.0 Å². The number of pyridine rings is 1. The first-order chi connectivity index (χ1) is 14.4. The van der Waals surface area contributed by atoms with Crippen LogP contribution in [0.4, 0.5) is 0 Å². The van der Waals surface area contributed by atoms with E-state index in [1.54, 1.807) is 12.5 Å². The van der Waals surface area contributed by atoms with Crippen molar-refractivity contribution in [2.75, 3.05) is 13.1 Å². The van der Waals surface area contributed by atoms with Gasteiger partial charge in [0.15, 0.2) is 11.5 Å². The van der Waals surface area contributed by atoms with Gasteiger partial charge < -0.3 is 14.0 Å². The molecule has 8 nitrogen and oxygen atoms in total. The third-order valence-electron chi connectivity index (χ3n) is 5.40. The maximum Gasteiger partial charge on any atom is 0.255 e. The lowest BCUT2D eigenvalue weighted by molar-refractivity contribution is 0.0695. The first-order valence-electron chi connectivity index (χ1n) is 10.8. The van der Waals surface area contributed by atoms with Gasteiger partial charge in [-0.1, -0.05) is 32.9 Å². The molecule has 1 aliphatic heterocycles. The van der Waals surface area contributed by atoms with E-state index >= 15 is 0 Å². The lowest BCUT2D eigenvalue weighted by Crippen LogP contribution is -2.39. The third-order valence-corrected chi connectivity index (χ3v) is 5.40. The molecule has 30 heavy (non-hydrogen) atoms. The quantitative estimate of drug-likeness (QED) is 0.616. The molecule has 1 atom stereocenters. The summed E-state index contributed by atoms with van der Waals surface area (Å²) in [5, 5.41) is 4.11. The summed E-state index contributed by atoms with van der Waals surface area (Å²) in [4.78, 5) is 28.6. The molecular formula is C22H30N6O2. The summed E-state index contributed by atoms with van der Waals surface area (Å²) in [7, 11) is 0. The standard InChI is InChI=1S/C22H30N6O2/c1-14(2)8-19-25-21(30-26-19)16-6-5-7-27(12-16)22(29)17-9-18-20(23-10-17)28(13-24-18)11-15(3)4/h9-10,13-16H,5-8,11-12H2,1-4H3. The summed E-state index contributed by atoms with van der Waals surface area (Å²) in [5.41, 5.74) is 2.15. The predicted molar refractivity (Wildman–Crippen MR) is 113 cm³/mol. The summed E-state index contributed by atoms with van der Waals surface area (Å²) < 4.78 is 7.54. The minimum atomic E-state index is -0.0190. The lowest BCUT2D eigenvalue weighted by atomic mass is 9.97. The van der Waals surface area contributed by atoms with E-state index in [9.17, 15) is 4.79 Å². The smallest absolute Gasteiger partial charge is 0.255 e. The second-order valence-electron chi connectivity index (χ2n) is 9.09. The highest BCUT2D eigenvalue weighted by Crippen LogP contribution is 2.27. The maximum atomic E-state index is 13.1. The fourth-order valence-corrected chi connectivity index (χ4v) is 4.02. The van der Waals surface area contributed by atoms with Gasteiger partial charge in [0.2, 0.25) is 5.89 Å². The van der Waals surface area contributed by atoms with Gasteiger partial charge in [0, 0.05) is 32.3 Å². The van der Waals surface area contributed by atoms with E-state index in [4.69, 9.17) is 4.52 Å². The van der Waals surface area contributed by atoms with Crippen molar-refractivity contribution in [2.24, 2.45) is 11.8 Å². The van der Waals surface area contributed by atoms with E-state index in [-0.39, 0.29) is 11.8 Å². The molecule has 1 fully saturated rings. The van der Waals surface area contributed by atoms with E-state index in [1.165, 1.54) is 0 Å². The van der Waals surface area contributed by atoms with Crippen molar-refractivity contribution in [3.05, 3.63) is 35.9 Å². The van der Waals surface area contributed by atoms with Crippen LogP contribution < -0.4 is 0 Å². The Kier molecular flexibility index (Phi) is 5.83. The second kappa shape index (κ2) is 8.53. The maximum absolute atomic E-state index is 13.1. The number of imidazole rings is 1. The van der Waals surface area contributed by atoms with Gasteiger partial charge >= 0.3 is 0 Å². The van der Waals surface area contributed by atoms with Crippen molar-refractivity contribution < 1.29 is 9.32 Å². The van der Waals surface area contributed by atoms with Crippen molar-refractivity contribution in [1.82, 2.24) is 29.6 Å². The molecule has 4 rings (SSSR count). The van der Waals surface area contributed by atoms with Gasteiger partial charge in [0.1, 0.15) is 5.52 Å². The van der Waals surface area contributed by atoms with Crippen LogP contribution in [0.15, 0.2) is 23.1 Å². The molecule has 0 aromatic carbocycles. The van der Waals surface area contributed by atoms with E-state index in [2.05, 4.69) is 47.8 Å². The molecule has 3 aromatic heterocycles. The molecule has 4 heterocycles. The van der Waals surface area contributed by atoms with E-state index < -0.39 is 0 Å². The molecule has 8 heteroatoms. The molecule has 0 aliphatic carbocycles. The van der Waals surface area contributed by atoms with Crippen LogP contribution in [0.3, 0.4) is 0 Å². The molecule has 0 spiro atoms. The van der Waals surface area contributed by atoms with E-state index in [0.717, 1.165) is 49.3 Å². The van der Waals surface area contributed by atoms with Crippen LogP contribution in [0.5, 0.6) is 0 Å². The van der Waals surface area contributed by atoms with Crippen molar-refractivity contribution in [2.45, 2.75) is 59.4 Å². The van der Waals surface area contributed by atoms with Gasteiger partial charge in [-0.3, -0.25) is 4.79 Å². The molecule has 3 aromatic rings. The summed E-state index contributed by atoms with van der Waals surface area (Å²) in [5.74, 6) is 2.43. The first-order valence-corrected chi connectivity index (χ1v) is 10.8. The summed E-state index contributed by atoms with van der Waals surface area (Å²) in [6.07, 6.45) is 6.13. The SMILES string of the molecule is CC(C)Cc1noc(C2CCCN(C(=O)c3cnc4c(c3)ncn4CC(C)C)C2)n1. The molecule has 0 bridgehead atoms. The number of hydrogen-bond acceptors (Lipinski definition) is 6. The fourth-order valence-electron chi connectivity index (χ4n) is 4.02. The number of rotatable bonds is 6. The van der Waals surface area contributed by atoms with Gasteiger partial charge in [0.05, 0.1) is 17.8 Å². The minimum absolute atomic E-state index is 0.0190. The number of aromatic nitrogens is 5. The zero-order chi connectivity index (χ0) is 21.3. The second-order valence-corrected chi connectivity index (χ2v) is 9.09. The van der Waals surface area contributed by atoms with Crippen molar-refractivity contribution in [1.29, 1.82) is 0 Å². The highest BCUT2D eigenvalue weighted by Gasteiger charge is 2.29. The lowest BCUT2D eigenvalue weighted by Gasteiger charge is -2.31. The molecule has 1 amide bonds. The Morgan fingerprint density at radius 2 is 2.07 bits per heavy atom. The Labute approximate surface area is 176 Å². The Hall–Kier alpha value is -2.77. The van der Waals surface area contributed by atoms with Crippen LogP contribution >= 0.6 is 0 Å². The van der Waals surface area contributed by atoms with Crippen molar-refractivity contribution >= 4 is 17.1 Å². The molecule has 1 unspecified atom stereocenters. The van der Waals surface area contributed by atoms with Crippen molar-refractivity contribution in [3.8, 4) is 0 Å². The molecule has 0 radical (unpaired) electrons. The Balaban J connectivity index is 1.48. The molecule has 0 N–H and O–H groups in total. The van der Waals surface area contributed by atoms with Crippen LogP contribution in [0, 0.1) is 11.8 Å². The monoisotopic (exact) mass is 410 g/mol. The van der Waals surface area contributed by atoms with Crippen LogP contribution in [0.2, 0.25) is 0 Å². The highest BCUT2D eigenvalue weighted by atomic mass is 16.5. The number of carbonyl (C=O) groups is 1. The van der Waals surface area contributed by atoms with Gasteiger partial charge in [-0.15, -0.1) is 0 Å². The average Bonchev–Trinajstić information content (AvgIpc) is 3.33. The van der Waals surface area contributed by atoms with Gasteiger partial charge in [0.25, 0.3) is 5.91 Å². The topological polar surface area (TPSA) is 89.9 Å². The summed E-state index contributed by atoms with van der Waals surface area (Å²) >= 11 is 0. The van der Waals surface area contributed by atoms with Crippen molar-refractivity contribution in [3.63, 3.8) is 0 Å². The summed E-state index contributed by atoms with van der Waals surface area (Å²) in [6.45, 7) is 10.7. The minimum Gasteiger partial charge on any atom is -0.339 e. The molecule has 0 saturated carbocycles. The Morgan fingerprint density at radius 1 is 1.23 bits per heavy atom. The number of nitrogens with zero attached hydrogens (tertiary/aromatic N) is 6. The third kappa shape index (κ3) is 4.37. The number of likely N-dealkylation sites (tertiary alicyclic amines) is 1. The number of amides is 1. The van der Waals surface area contributed by atoms with Gasteiger partial charge in [-0.2, -0.15) is 4.98 Å². The molecule has 160 valence electrons. The molecule has 1 saturated heterocycles. The number of carbonyl (C=O) groups excluding carboxylic acids is 1. The van der Waals surface area contributed by atoms with E-state index in [0.29, 0.717) is 29.8 Å². The number of piperidine rings is 1. The Bertz CT molecular complexity index is 1020. The van der Waals surface area contributed by atoms with Gasteiger partial charge in [-0.25, -0.2) is 9.97 Å². The largest absolute Gasteiger partial charge is 0.339 e. The van der Waals surface area contributed by atoms with E-state index in [1.807, 2.05) is 15.5 Å². The van der Waals surface area contributed by atoms with Crippen LogP contribution in [0.1, 0.15) is 68.5 Å². The van der Waals surface area contributed by atoms with Gasteiger partial charge in [-0.05, 0) is 30.7 Å². The zero-order valence-corrected chi connectivity index (χ0v) is 18.2. The number of hydrogen-bond donors (Lipinski definition) is 0. The number of fused-ring (bicyclic) bond motifs is 1. The van der Waals surface area contributed by atoms with Crippen LogP contribution in [0.25, 0.3) is 11.2 Å². The Morgan fingerprint density at radius 3 is 2.83 bits per heavy atom. The average molecular weight is 411 g/mol. The fraction of sp³-hybridized carbons (Fsp3) is 0.591. The van der Waals surface area contributed by atoms with Crippen LogP contribution in [-0.4, -0.2) is 48.6 Å². The highest BCUT2D eigenvalue weighted by molar-refractivity contribution is 5.96. The first kappa shape index (κ1) is 20.5. The molecule has 1 aliphatic rings. The molecular weight excluding hydrogens is 380 g/mol. The predicted octanol–water partition coefficient (Wildman–Crippen LogP) is 3.69. The summed E-state index contributed by atoms with van der Waals surface area (Å²) in [6, 6.07) is 1.85. The normalized spacial score (nSPS) is 17.4.